The summed E-state index contributed by atoms with van der Waals surface area (Å²) in [6.45, 7) is 0.0823. The van der Waals surface area contributed by atoms with Crippen LogP contribution in [0.25, 0.3) is 0 Å². The van der Waals surface area contributed by atoms with Gasteiger partial charge in [-0.15, -0.1) is 0 Å². The van der Waals surface area contributed by atoms with Crippen molar-refractivity contribution < 1.29 is 12.6 Å². The van der Waals surface area contributed by atoms with Gasteiger partial charge in [0.2, 0.25) is 0 Å². The van der Waals surface area contributed by atoms with Crippen molar-refractivity contribution in [2.45, 2.75) is 4.90 Å². The van der Waals surface area contributed by atoms with Crippen molar-refractivity contribution in [1.82, 2.24) is 0 Å². The smallest absolute Gasteiger partial charge is 0.261 e. The van der Waals surface area contributed by atoms with Gasteiger partial charge in [0.1, 0.15) is 0 Å². The molecule has 1 aromatic rings. The Morgan fingerprint density at radius 3 is 2.19 bits per heavy atom. The van der Waals surface area contributed by atoms with Crippen LogP contribution in [0.4, 0.5) is 0 Å². The molecule has 0 spiro atoms. The van der Waals surface area contributed by atoms with E-state index < -0.39 is 10.1 Å². The van der Waals surface area contributed by atoms with Crippen molar-refractivity contribution >= 4 is 77.9 Å². The predicted molar refractivity (Wildman–Crippen MR) is 88.7 cm³/mol. The summed E-state index contributed by atoms with van der Waals surface area (Å²) in [7, 11) is -3.63. The second kappa shape index (κ2) is 6.85. The summed E-state index contributed by atoms with van der Waals surface area (Å²) in [6, 6.07) is 8.12. The number of hydrogen-bond acceptors (Lipinski definition) is 3. The van der Waals surface area contributed by atoms with E-state index in [0.29, 0.717) is 0 Å². The highest BCUT2D eigenvalue weighted by Crippen LogP contribution is 2.26. The van der Waals surface area contributed by atoms with Crippen LogP contribution in [-0.2, 0) is 14.3 Å². The number of rotatable bonds is 4. The van der Waals surface area contributed by atoms with Gasteiger partial charge in [0.15, 0.2) is 0 Å². The summed E-state index contributed by atoms with van der Waals surface area (Å²) in [6.07, 6.45) is 0. The minimum atomic E-state index is -3.63. The van der Waals surface area contributed by atoms with E-state index in [1.54, 1.807) is 18.2 Å². The van der Waals surface area contributed by atoms with E-state index >= 15 is 0 Å². The van der Waals surface area contributed by atoms with Gasteiger partial charge in [-0.2, -0.15) is 8.42 Å². The van der Waals surface area contributed by atoms with Crippen LogP contribution in [-0.4, -0.2) is 15.0 Å². The fourth-order valence-electron chi connectivity index (χ4n) is 0.839. The molecule has 0 aliphatic heterocycles. The molecule has 0 fully saturated rings. The maximum atomic E-state index is 11.7. The fourth-order valence-corrected chi connectivity index (χ4v) is 2.42. The molecule has 0 heterocycles. The van der Waals surface area contributed by atoms with Gasteiger partial charge in [-0.3, -0.25) is 4.18 Å². The molecule has 1 rings (SSSR count). The summed E-state index contributed by atoms with van der Waals surface area (Å²) < 4.78 is 30.2. The molecule has 0 aliphatic rings. The fraction of sp³-hybridized carbons (Fsp3) is 0.111. The SMILES string of the molecule is O=S(=O)(OCC(I)=C(I)I)c1ccccc1. The molecule has 0 unspecified atom stereocenters. The summed E-state index contributed by atoms with van der Waals surface area (Å²) in [5.41, 5.74) is 0. The minimum absolute atomic E-state index is 0.0823. The van der Waals surface area contributed by atoms with Crippen LogP contribution in [0.15, 0.2) is 40.4 Å². The van der Waals surface area contributed by atoms with Crippen molar-refractivity contribution in [3.05, 3.63) is 35.5 Å². The molecule has 3 nitrogen and oxygen atoms in total. The molecule has 16 heavy (non-hydrogen) atoms. The molecule has 0 bridgehead atoms. The standard InChI is InChI=1S/C9H7I3O3S/c10-8(9(11)12)6-15-16(13,14)7-4-2-1-3-5-7/h1-5H,6H2. The molecular weight excluding hydrogens is 569 g/mol. The largest absolute Gasteiger partial charge is 0.297 e. The zero-order valence-corrected chi connectivity index (χ0v) is 15.1. The normalized spacial score (nSPS) is 11.2. The predicted octanol–water partition coefficient (Wildman–Crippen LogP) is 3.87. The Hall–Kier alpha value is 1.06. The first-order chi connectivity index (χ1) is 7.43. The molecule has 0 amide bonds. The molecule has 0 N–H and O–H groups in total. The summed E-state index contributed by atoms with van der Waals surface area (Å²) in [5, 5.41) is 0. The van der Waals surface area contributed by atoms with Crippen molar-refractivity contribution in [3.8, 4) is 0 Å². The van der Waals surface area contributed by atoms with Gasteiger partial charge in [0.25, 0.3) is 10.1 Å². The number of halogens is 3. The third kappa shape index (κ3) is 4.74. The van der Waals surface area contributed by atoms with Gasteiger partial charge < -0.3 is 0 Å². The highest BCUT2D eigenvalue weighted by Gasteiger charge is 2.15. The molecule has 0 aromatic heterocycles. The van der Waals surface area contributed by atoms with Crippen molar-refractivity contribution in [3.63, 3.8) is 0 Å². The van der Waals surface area contributed by atoms with Crippen LogP contribution in [0.3, 0.4) is 0 Å². The number of benzene rings is 1. The molecule has 0 saturated carbocycles. The Balaban J connectivity index is 2.79. The molecule has 88 valence electrons. The Bertz CT molecular complexity index is 478. The molecular formula is C9H7I3O3S. The maximum Gasteiger partial charge on any atom is 0.297 e. The lowest BCUT2D eigenvalue weighted by molar-refractivity contribution is 0.356. The van der Waals surface area contributed by atoms with E-state index in [-0.39, 0.29) is 11.5 Å². The highest BCUT2D eigenvalue weighted by atomic mass is 127. The maximum absolute atomic E-state index is 11.7. The van der Waals surface area contributed by atoms with Crippen LogP contribution in [0, 0.1) is 0 Å². The summed E-state index contributed by atoms with van der Waals surface area (Å²) in [4.78, 5) is 0.183. The second-order valence-corrected chi connectivity index (χ2v) is 9.83. The first kappa shape index (κ1) is 15.1. The molecule has 7 heteroatoms. The van der Waals surface area contributed by atoms with E-state index in [9.17, 15) is 8.42 Å². The van der Waals surface area contributed by atoms with E-state index in [1.807, 2.05) is 0 Å². The van der Waals surface area contributed by atoms with E-state index in [1.165, 1.54) is 12.1 Å². The van der Waals surface area contributed by atoms with Gasteiger partial charge in [-0.1, -0.05) is 18.2 Å². The monoisotopic (exact) mass is 576 g/mol. The van der Waals surface area contributed by atoms with Crippen LogP contribution in [0.2, 0.25) is 0 Å². The van der Waals surface area contributed by atoms with E-state index in [2.05, 4.69) is 67.8 Å². The third-order valence-electron chi connectivity index (χ3n) is 1.58. The zero-order chi connectivity index (χ0) is 12.2. The lowest BCUT2D eigenvalue weighted by atomic mass is 10.4. The van der Waals surface area contributed by atoms with Gasteiger partial charge in [-0.05, 0) is 79.9 Å². The van der Waals surface area contributed by atoms with Crippen molar-refractivity contribution in [2.75, 3.05) is 6.61 Å². The molecule has 0 aliphatic carbocycles. The van der Waals surface area contributed by atoms with Crippen molar-refractivity contribution in [2.24, 2.45) is 0 Å². The molecule has 1 aromatic carbocycles. The van der Waals surface area contributed by atoms with Crippen LogP contribution in [0.1, 0.15) is 0 Å². The Kier molecular flexibility index (Phi) is 6.47. The van der Waals surface area contributed by atoms with Gasteiger partial charge in [0, 0.05) is 3.58 Å². The van der Waals surface area contributed by atoms with Crippen molar-refractivity contribution in [1.29, 1.82) is 0 Å². The average molecular weight is 576 g/mol. The van der Waals surface area contributed by atoms with Gasteiger partial charge >= 0.3 is 0 Å². The van der Waals surface area contributed by atoms with Crippen LogP contribution in [0.5, 0.6) is 0 Å². The summed E-state index contributed by atoms with van der Waals surface area (Å²) >= 11 is 6.30. The lowest BCUT2D eigenvalue weighted by Gasteiger charge is -2.05. The molecule has 0 saturated heterocycles. The molecule has 0 atom stereocenters. The van der Waals surface area contributed by atoms with Gasteiger partial charge in [0.05, 0.1) is 13.1 Å². The number of hydrogen-bond donors (Lipinski definition) is 0. The van der Waals surface area contributed by atoms with E-state index in [0.717, 1.165) is 5.17 Å². The van der Waals surface area contributed by atoms with Crippen LogP contribution >= 0.6 is 67.8 Å². The Labute approximate surface area is 136 Å². The van der Waals surface area contributed by atoms with Gasteiger partial charge in [-0.25, -0.2) is 0 Å². The summed E-state index contributed by atoms with van der Waals surface area (Å²) in [5.74, 6) is 0. The first-order valence-electron chi connectivity index (χ1n) is 4.07. The minimum Gasteiger partial charge on any atom is -0.261 e. The molecule has 0 radical (unpaired) electrons. The van der Waals surface area contributed by atoms with Crippen LogP contribution < -0.4 is 0 Å². The second-order valence-electron chi connectivity index (χ2n) is 2.69. The first-order valence-corrected chi connectivity index (χ1v) is 8.72. The zero-order valence-electron chi connectivity index (χ0n) is 7.86. The Morgan fingerprint density at radius 1 is 1.12 bits per heavy atom. The topological polar surface area (TPSA) is 43.4 Å². The highest BCUT2D eigenvalue weighted by molar-refractivity contribution is 14.2. The van der Waals surface area contributed by atoms with E-state index in [4.69, 9.17) is 4.18 Å². The average Bonchev–Trinajstić information content (AvgIpc) is 2.27. The third-order valence-corrected chi connectivity index (χ3v) is 7.07. The Morgan fingerprint density at radius 2 is 1.69 bits per heavy atom. The lowest BCUT2D eigenvalue weighted by Crippen LogP contribution is -2.07. The quantitative estimate of drug-likeness (QED) is 0.405.